The number of halogens is 2. The predicted molar refractivity (Wildman–Crippen MR) is 85.4 cm³/mol. The molecule has 0 radical (unpaired) electrons. The molecule has 0 bridgehead atoms. The van der Waals surface area contributed by atoms with Gasteiger partial charge in [0.25, 0.3) is 0 Å². The third-order valence-corrected chi connectivity index (χ3v) is 6.51. The van der Waals surface area contributed by atoms with Crippen LogP contribution >= 0.6 is 27.5 Å². The fourth-order valence-electron chi connectivity index (χ4n) is 2.03. The number of carboxylic acids is 1. The van der Waals surface area contributed by atoms with Gasteiger partial charge in [0.2, 0.25) is 10.0 Å². The van der Waals surface area contributed by atoms with E-state index in [9.17, 15) is 13.2 Å². The summed E-state index contributed by atoms with van der Waals surface area (Å²) in [7, 11) is -2.28. The van der Waals surface area contributed by atoms with Crippen LogP contribution in [0.1, 0.15) is 37.0 Å². The smallest absolute Gasteiger partial charge is 0.337 e. The van der Waals surface area contributed by atoms with E-state index in [0.717, 1.165) is 6.07 Å². The summed E-state index contributed by atoms with van der Waals surface area (Å²) >= 11 is 8.97. The van der Waals surface area contributed by atoms with Gasteiger partial charge in [-0.25, -0.2) is 13.2 Å². The molecule has 0 aliphatic rings. The zero-order chi connectivity index (χ0) is 16.4. The molecule has 118 valence electrons. The van der Waals surface area contributed by atoms with Crippen molar-refractivity contribution in [1.82, 2.24) is 4.31 Å². The van der Waals surface area contributed by atoms with E-state index in [2.05, 4.69) is 15.9 Å². The Morgan fingerprint density at radius 1 is 1.38 bits per heavy atom. The van der Waals surface area contributed by atoms with Gasteiger partial charge in [-0.3, -0.25) is 0 Å². The Morgan fingerprint density at radius 2 is 1.90 bits per heavy atom. The minimum Gasteiger partial charge on any atom is -0.478 e. The molecule has 0 unspecified atom stereocenters. The van der Waals surface area contributed by atoms with E-state index >= 15 is 0 Å². The number of carbonyl (C=O) groups is 1. The SMILES string of the molecule is CCC(CC)N(C)S(=O)(=O)c1cc(Br)c(Cl)c(C(=O)O)c1. The Kier molecular flexibility index (Phi) is 6.22. The van der Waals surface area contributed by atoms with Crippen molar-refractivity contribution >= 4 is 43.5 Å². The maximum atomic E-state index is 12.6. The third-order valence-electron chi connectivity index (χ3n) is 3.37. The van der Waals surface area contributed by atoms with Gasteiger partial charge >= 0.3 is 5.97 Å². The predicted octanol–water partition coefficient (Wildman–Crippen LogP) is 3.61. The number of rotatable bonds is 6. The van der Waals surface area contributed by atoms with E-state index in [1.54, 1.807) is 0 Å². The van der Waals surface area contributed by atoms with Crippen LogP contribution in [0.5, 0.6) is 0 Å². The average molecular weight is 399 g/mol. The first kappa shape index (κ1) is 18.4. The summed E-state index contributed by atoms with van der Waals surface area (Å²) in [6, 6.07) is 2.27. The highest BCUT2D eigenvalue weighted by atomic mass is 79.9. The number of aromatic carboxylic acids is 1. The van der Waals surface area contributed by atoms with Crippen LogP contribution in [0.4, 0.5) is 0 Å². The molecule has 1 rings (SSSR count). The van der Waals surface area contributed by atoms with E-state index < -0.39 is 16.0 Å². The van der Waals surface area contributed by atoms with Gasteiger partial charge in [0.05, 0.1) is 15.5 Å². The van der Waals surface area contributed by atoms with Gasteiger partial charge in [-0.1, -0.05) is 25.4 Å². The van der Waals surface area contributed by atoms with Crippen molar-refractivity contribution in [3.05, 3.63) is 27.2 Å². The van der Waals surface area contributed by atoms with E-state index in [1.165, 1.54) is 17.4 Å². The molecule has 0 aliphatic heterocycles. The van der Waals surface area contributed by atoms with Gasteiger partial charge in [0.15, 0.2) is 0 Å². The van der Waals surface area contributed by atoms with Gasteiger partial charge in [-0.05, 0) is 40.9 Å². The fraction of sp³-hybridized carbons (Fsp3) is 0.462. The number of carboxylic acid groups (broad SMARTS) is 1. The minimum absolute atomic E-state index is 0.0216. The number of nitrogens with zero attached hydrogens (tertiary/aromatic N) is 1. The van der Waals surface area contributed by atoms with Gasteiger partial charge in [0, 0.05) is 17.6 Å². The second-order valence-corrected chi connectivity index (χ2v) is 7.79. The van der Waals surface area contributed by atoms with Gasteiger partial charge < -0.3 is 5.11 Å². The van der Waals surface area contributed by atoms with Crippen LogP contribution in [0.3, 0.4) is 0 Å². The molecule has 0 saturated heterocycles. The average Bonchev–Trinajstić information content (AvgIpc) is 2.42. The van der Waals surface area contributed by atoms with E-state index in [0.29, 0.717) is 12.8 Å². The summed E-state index contributed by atoms with van der Waals surface area (Å²) < 4.78 is 26.7. The second kappa shape index (κ2) is 7.09. The lowest BCUT2D eigenvalue weighted by molar-refractivity contribution is 0.0696. The van der Waals surface area contributed by atoms with Crippen LogP contribution in [-0.4, -0.2) is 36.9 Å². The number of hydrogen-bond donors (Lipinski definition) is 1. The lowest BCUT2D eigenvalue weighted by atomic mass is 10.2. The summed E-state index contributed by atoms with van der Waals surface area (Å²) in [5.74, 6) is -1.28. The molecule has 0 spiro atoms. The Labute approximate surface area is 138 Å². The van der Waals surface area contributed by atoms with Gasteiger partial charge in [-0.15, -0.1) is 0 Å². The molecule has 0 heterocycles. The molecule has 0 fully saturated rings. The normalized spacial score (nSPS) is 12.1. The van der Waals surface area contributed by atoms with Crippen molar-refractivity contribution in [2.24, 2.45) is 0 Å². The van der Waals surface area contributed by atoms with Gasteiger partial charge in [0.1, 0.15) is 0 Å². The first-order valence-corrected chi connectivity index (χ1v) is 8.98. The first-order chi connectivity index (χ1) is 9.66. The van der Waals surface area contributed by atoms with Crippen LogP contribution < -0.4 is 0 Å². The van der Waals surface area contributed by atoms with Crippen molar-refractivity contribution in [3.63, 3.8) is 0 Å². The first-order valence-electron chi connectivity index (χ1n) is 6.37. The molecular formula is C13H17BrClNO4S. The zero-order valence-corrected chi connectivity index (χ0v) is 15.1. The maximum absolute atomic E-state index is 12.6. The summed E-state index contributed by atoms with van der Waals surface area (Å²) in [5, 5.41) is 9.09. The molecule has 0 aliphatic carbocycles. The van der Waals surface area contributed by atoms with E-state index in [1.807, 2.05) is 13.8 Å². The molecule has 5 nitrogen and oxygen atoms in total. The van der Waals surface area contributed by atoms with E-state index in [4.69, 9.17) is 16.7 Å². The molecule has 1 aromatic rings. The maximum Gasteiger partial charge on any atom is 0.337 e. The summed E-state index contributed by atoms with van der Waals surface area (Å²) in [4.78, 5) is 11.1. The van der Waals surface area contributed by atoms with Crippen LogP contribution in [-0.2, 0) is 10.0 Å². The number of hydrogen-bond acceptors (Lipinski definition) is 3. The lowest BCUT2D eigenvalue weighted by Crippen LogP contribution is -2.36. The monoisotopic (exact) mass is 397 g/mol. The largest absolute Gasteiger partial charge is 0.478 e. The molecule has 21 heavy (non-hydrogen) atoms. The number of benzene rings is 1. The highest BCUT2D eigenvalue weighted by molar-refractivity contribution is 9.10. The quantitative estimate of drug-likeness (QED) is 0.794. The lowest BCUT2D eigenvalue weighted by Gasteiger charge is -2.25. The Balaban J connectivity index is 3.42. The number of sulfonamides is 1. The molecule has 8 heteroatoms. The third kappa shape index (κ3) is 3.77. The zero-order valence-electron chi connectivity index (χ0n) is 11.9. The van der Waals surface area contributed by atoms with Crippen LogP contribution in [0.15, 0.2) is 21.5 Å². The van der Waals surface area contributed by atoms with Gasteiger partial charge in [-0.2, -0.15) is 4.31 Å². The Bertz CT molecular complexity index is 644. The fourth-order valence-corrected chi connectivity index (χ4v) is 4.39. The standard InChI is InChI=1S/C13H17BrClNO4S/c1-4-8(5-2)16(3)21(19,20)9-6-10(13(17)18)12(15)11(14)7-9/h6-8H,4-5H2,1-3H3,(H,17,18). The van der Waals surface area contributed by atoms with Crippen molar-refractivity contribution in [2.75, 3.05) is 7.05 Å². The molecular weight excluding hydrogens is 382 g/mol. The second-order valence-electron chi connectivity index (χ2n) is 4.56. The molecule has 1 aromatic carbocycles. The Hall–Kier alpha value is -0.630. The highest BCUT2D eigenvalue weighted by Crippen LogP contribution is 2.31. The summed E-state index contributed by atoms with van der Waals surface area (Å²) in [5.41, 5.74) is -0.248. The summed E-state index contributed by atoms with van der Waals surface area (Å²) in [6.45, 7) is 3.81. The topological polar surface area (TPSA) is 74.7 Å². The minimum atomic E-state index is -3.78. The molecule has 1 N–H and O–H groups in total. The van der Waals surface area contributed by atoms with Crippen molar-refractivity contribution in [3.8, 4) is 0 Å². The van der Waals surface area contributed by atoms with Crippen LogP contribution in [0.2, 0.25) is 5.02 Å². The molecule has 0 amide bonds. The molecule has 0 atom stereocenters. The molecule has 0 aromatic heterocycles. The summed E-state index contributed by atoms with van der Waals surface area (Å²) in [6.07, 6.45) is 1.35. The van der Waals surface area contributed by atoms with Crippen molar-refractivity contribution in [1.29, 1.82) is 0 Å². The molecule has 0 saturated carbocycles. The van der Waals surface area contributed by atoms with Crippen molar-refractivity contribution in [2.45, 2.75) is 37.6 Å². The van der Waals surface area contributed by atoms with E-state index in [-0.39, 0.29) is 26.0 Å². The van der Waals surface area contributed by atoms with Crippen molar-refractivity contribution < 1.29 is 18.3 Å². The Morgan fingerprint density at radius 3 is 2.33 bits per heavy atom. The van der Waals surface area contributed by atoms with Crippen LogP contribution in [0, 0.1) is 0 Å². The van der Waals surface area contributed by atoms with Crippen LogP contribution in [0.25, 0.3) is 0 Å². The highest BCUT2D eigenvalue weighted by Gasteiger charge is 2.28.